The topological polar surface area (TPSA) is 29.3 Å². The monoisotopic (exact) mass is 286 g/mol. The summed E-state index contributed by atoms with van der Waals surface area (Å²) in [5.74, 6) is 0.428. The first-order valence-corrected chi connectivity index (χ1v) is 6.78. The summed E-state index contributed by atoms with van der Waals surface area (Å²) in [7, 11) is 0. The number of benzene rings is 1. The molecule has 0 bridgehead atoms. The molecule has 2 rings (SSSR count). The van der Waals surface area contributed by atoms with Gasteiger partial charge in [0, 0.05) is 25.3 Å². The van der Waals surface area contributed by atoms with Crippen LogP contribution < -0.4 is 10.6 Å². The van der Waals surface area contributed by atoms with E-state index < -0.39 is 11.7 Å². The second-order valence-electron chi connectivity index (χ2n) is 6.52. The molecule has 0 radical (unpaired) electrons. The van der Waals surface area contributed by atoms with E-state index >= 15 is 0 Å². The second kappa shape index (κ2) is 4.95. The van der Waals surface area contributed by atoms with Gasteiger partial charge >= 0.3 is 6.18 Å². The average Bonchev–Trinajstić information content (AvgIpc) is 2.24. The van der Waals surface area contributed by atoms with Crippen LogP contribution in [0.15, 0.2) is 18.2 Å². The molecule has 0 amide bonds. The highest BCUT2D eigenvalue weighted by Crippen LogP contribution is 2.42. The van der Waals surface area contributed by atoms with Crippen molar-refractivity contribution in [2.75, 3.05) is 18.0 Å². The molecule has 0 aliphatic carbocycles. The highest BCUT2D eigenvalue weighted by Gasteiger charge is 2.40. The molecule has 1 aliphatic rings. The van der Waals surface area contributed by atoms with E-state index in [1.165, 1.54) is 6.07 Å². The van der Waals surface area contributed by atoms with E-state index in [2.05, 4.69) is 20.8 Å². The summed E-state index contributed by atoms with van der Waals surface area (Å²) in [5, 5.41) is 0. The molecule has 0 aromatic heterocycles. The maximum absolute atomic E-state index is 13.1. The summed E-state index contributed by atoms with van der Waals surface area (Å²) in [6.07, 6.45) is -4.34. The first kappa shape index (κ1) is 15.2. The molecule has 2 nitrogen and oxygen atoms in total. The number of anilines is 1. The fourth-order valence-corrected chi connectivity index (χ4v) is 2.44. The summed E-state index contributed by atoms with van der Waals surface area (Å²) in [5.41, 5.74) is 5.77. The summed E-state index contributed by atoms with van der Waals surface area (Å²) < 4.78 is 39.4. The summed E-state index contributed by atoms with van der Waals surface area (Å²) in [6, 6.07) is 4.39. The van der Waals surface area contributed by atoms with Gasteiger partial charge in [-0.15, -0.1) is 0 Å². The fraction of sp³-hybridized carbons (Fsp3) is 0.600. The van der Waals surface area contributed by atoms with Crippen LogP contribution in [0.1, 0.15) is 31.9 Å². The Balaban J connectivity index is 2.25. The molecule has 1 aromatic rings. The van der Waals surface area contributed by atoms with Gasteiger partial charge in [-0.2, -0.15) is 13.2 Å². The minimum Gasteiger partial charge on any atom is -0.370 e. The highest BCUT2D eigenvalue weighted by molar-refractivity contribution is 5.58. The van der Waals surface area contributed by atoms with Crippen LogP contribution in [0.3, 0.4) is 0 Å². The van der Waals surface area contributed by atoms with E-state index in [1.807, 2.05) is 0 Å². The lowest BCUT2D eigenvalue weighted by Gasteiger charge is -2.48. The highest BCUT2D eigenvalue weighted by atomic mass is 19.4. The van der Waals surface area contributed by atoms with Crippen molar-refractivity contribution in [3.05, 3.63) is 29.3 Å². The Morgan fingerprint density at radius 2 is 1.80 bits per heavy atom. The third kappa shape index (κ3) is 2.92. The molecule has 0 unspecified atom stereocenters. The van der Waals surface area contributed by atoms with Crippen molar-refractivity contribution in [1.29, 1.82) is 0 Å². The van der Waals surface area contributed by atoms with Gasteiger partial charge in [-0.3, -0.25) is 0 Å². The third-order valence-electron chi connectivity index (χ3n) is 4.05. The molecule has 0 atom stereocenters. The lowest BCUT2D eigenvalue weighted by molar-refractivity contribution is -0.137. The summed E-state index contributed by atoms with van der Waals surface area (Å²) >= 11 is 0. The van der Waals surface area contributed by atoms with E-state index in [0.29, 0.717) is 24.6 Å². The van der Waals surface area contributed by atoms with Crippen molar-refractivity contribution >= 4 is 5.69 Å². The van der Waals surface area contributed by atoms with E-state index in [9.17, 15) is 13.2 Å². The standard InChI is InChI=1S/C15H21F3N2/c1-14(2,3)11-8-20(9-11)13-5-4-10(7-19)6-12(13)15(16,17)18/h4-6,11H,7-9,19H2,1-3H3. The van der Waals surface area contributed by atoms with Crippen molar-refractivity contribution in [1.82, 2.24) is 0 Å². The SMILES string of the molecule is CC(C)(C)C1CN(c2ccc(CN)cc2C(F)(F)F)C1. The molecule has 20 heavy (non-hydrogen) atoms. The Bertz CT molecular complexity index is 483. The summed E-state index contributed by atoms with van der Waals surface area (Å²) in [6.45, 7) is 7.84. The van der Waals surface area contributed by atoms with E-state index in [-0.39, 0.29) is 17.6 Å². The van der Waals surface area contributed by atoms with Crippen LogP contribution in [-0.4, -0.2) is 13.1 Å². The van der Waals surface area contributed by atoms with Crippen LogP contribution in [0.2, 0.25) is 0 Å². The van der Waals surface area contributed by atoms with Crippen molar-refractivity contribution < 1.29 is 13.2 Å². The molecule has 2 N–H and O–H groups in total. The Hall–Kier alpha value is -1.23. The van der Waals surface area contributed by atoms with Crippen LogP contribution in [0.25, 0.3) is 0 Å². The van der Waals surface area contributed by atoms with Gasteiger partial charge in [-0.05, 0) is 29.0 Å². The summed E-state index contributed by atoms with van der Waals surface area (Å²) in [4.78, 5) is 1.80. The number of alkyl halides is 3. The molecule has 112 valence electrons. The minimum absolute atomic E-state index is 0.119. The molecule has 1 saturated heterocycles. The Morgan fingerprint density at radius 3 is 2.25 bits per heavy atom. The number of hydrogen-bond acceptors (Lipinski definition) is 2. The van der Waals surface area contributed by atoms with Gasteiger partial charge in [0.25, 0.3) is 0 Å². The zero-order chi connectivity index (χ0) is 15.1. The number of rotatable bonds is 2. The second-order valence-corrected chi connectivity index (χ2v) is 6.52. The zero-order valence-corrected chi connectivity index (χ0v) is 12.1. The lowest BCUT2D eigenvalue weighted by atomic mass is 9.75. The number of nitrogens with zero attached hydrogens (tertiary/aromatic N) is 1. The largest absolute Gasteiger partial charge is 0.418 e. The van der Waals surface area contributed by atoms with Crippen molar-refractivity contribution in [3.8, 4) is 0 Å². The van der Waals surface area contributed by atoms with E-state index in [0.717, 1.165) is 0 Å². The third-order valence-corrected chi connectivity index (χ3v) is 4.05. The van der Waals surface area contributed by atoms with Crippen LogP contribution in [0.5, 0.6) is 0 Å². The van der Waals surface area contributed by atoms with Gasteiger partial charge in [0.1, 0.15) is 0 Å². The normalized spacial score (nSPS) is 17.2. The zero-order valence-electron chi connectivity index (χ0n) is 12.1. The molecule has 1 aliphatic heterocycles. The predicted molar refractivity (Wildman–Crippen MR) is 74.5 cm³/mol. The molecule has 0 spiro atoms. The fourth-order valence-electron chi connectivity index (χ4n) is 2.44. The van der Waals surface area contributed by atoms with Crippen LogP contribution >= 0.6 is 0 Å². The number of hydrogen-bond donors (Lipinski definition) is 1. The quantitative estimate of drug-likeness (QED) is 0.899. The maximum atomic E-state index is 13.1. The van der Waals surface area contributed by atoms with Crippen LogP contribution in [0, 0.1) is 11.3 Å². The van der Waals surface area contributed by atoms with Crippen LogP contribution in [0.4, 0.5) is 18.9 Å². The predicted octanol–water partition coefficient (Wildman–Crippen LogP) is 3.65. The number of halogens is 3. The molecular formula is C15H21F3N2. The smallest absolute Gasteiger partial charge is 0.370 e. The van der Waals surface area contributed by atoms with Crippen molar-refractivity contribution in [3.63, 3.8) is 0 Å². The van der Waals surface area contributed by atoms with Gasteiger partial charge in [0.05, 0.1) is 5.56 Å². The van der Waals surface area contributed by atoms with Crippen molar-refractivity contribution in [2.24, 2.45) is 17.1 Å². The van der Waals surface area contributed by atoms with Gasteiger partial charge < -0.3 is 10.6 Å². The van der Waals surface area contributed by atoms with Gasteiger partial charge in [0.15, 0.2) is 0 Å². The van der Waals surface area contributed by atoms with Gasteiger partial charge in [0.2, 0.25) is 0 Å². The van der Waals surface area contributed by atoms with Gasteiger partial charge in [-0.25, -0.2) is 0 Å². The molecular weight excluding hydrogens is 265 g/mol. The minimum atomic E-state index is -4.34. The molecule has 0 saturated carbocycles. The van der Waals surface area contributed by atoms with Crippen molar-refractivity contribution in [2.45, 2.75) is 33.5 Å². The Labute approximate surface area is 117 Å². The average molecular weight is 286 g/mol. The van der Waals surface area contributed by atoms with E-state index in [1.54, 1.807) is 17.0 Å². The molecule has 1 aromatic carbocycles. The van der Waals surface area contributed by atoms with Gasteiger partial charge in [-0.1, -0.05) is 26.8 Å². The Morgan fingerprint density at radius 1 is 1.20 bits per heavy atom. The maximum Gasteiger partial charge on any atom is 0.418 e. The molecule has 1 fully saturated rings. The van der Waals surface area contributed by atoms with Crippen LogP contribution in [-0.2, 0) is 12.7 Å². The molecule has 5 heteroatoms. The molecule has 1 heterocycles. The first-order valence-electron chi connectivity index (χ1n) is 6.78. The Kier molecular flexibility index (Phi) is 3.75. The van der Waals surface area contributed by atoms with E-state index in [4.69, 9.17) is 5.73 Å². The number of nitrogens with two attached hydrogens (primary N) is 1. The lowest BCUT2D eigenvalue weighted by Crippen LogP contribution is -2.52. The first-order chi connectivity index (χ1) is 9.13.